The quantitative estimate of drug-likeness (QED) is 0.509. The van der Waals surface area contributed by atoms with Crippen molar-refractivity contribution in [3.8, 4) is 0 Å². The van der Waals surface area contributed by atoms with E-state index in [1.807, 2.05) is 13.1 Å². The summed E-state index contributed by atoms with van der Waals surface area (Å²) in [7, 11) is 0. The van der Waals surface area contributed by atoms with E-state index in [2.05, 4.69) is 63.6 Å². The Morgan fingerprint density at radius 2 is 2.00 bits per heavy atom. The first-order valence-corrected chi connectivity index (χ1v) is 13.1. The molecule has 2 aliphatic carbocycles. The molecule has 2 atom stereocenters. The Morgan fingerprint density at radius 1 is 1.22 bits per heavy atom. The lowest BCUT2D eigenvalue weighted by atomic mass is 9.51. The third-order valence-electron chi connectivity index (χ3n) is 8.80. The lowest BCUT2D eigenvalue weighted by Gasteiger charge is -2.58. The number of carbonyl (C=O) groups is 2. The fourth-order valence-corrected chi connectivity index (χ4v) is 6.45. The summed E-state index contributed by atoms with van der Waals surface area (Å²) in [6.45, 7) is 5.94. The van der Waals surface area contributed by atoms with Gasteiger partial charge < -0.3 is 20.1 Å². The maximum atomic E-state index is 13.1. The summed E-state index contributed by atoms with van der Waals surface area (Å²) in [4.78, 5) is 30.7. The van der Waals surface area contributed by atoms with Crippen molar-refractivity contribution in [3.05, 3.63) is 59.5 Å². The van der Waals surface area contributed by atoms with Crippen molar-refractivity contribution in [2.45, 2.75) is 63.5 Å². The van der Waals surface area contributed by atoms with E-state index >= 15 is 0 Å². The Labute approximate surface area is 215 Å². The number of hydrogen-bond acceptors (Lipinski definition) is 6. The highest BCUT2D eigenvalue weighted by Gasteiger charge is 2.56. The third-order valence-corrected chi connectivity index (χ3v) is 8.80. The number of fused-ring (bicyclic) bond motifs is 1. The molecule has 1 saturated heterocycles. The van der Waals surface area contributed by atoms with Crippen LogP contribution in [-0.4, -0.2) is 63.4 Å². The standard InChI is InChI=1S/C28H33N5O4/c1-18-12-20(32-11-10-27(2,17-32)19-6-4-3-5-7-19)15-33-25(18)30-24(31-33)26(36)29-22-8-9-28(22)13-21(14-28)37-16-23(34)35/h3-7,12,15,21-22H,8-11,13-14,16-17H2,1-2H3,(H,29,36)(H,34,35)/t21?,22?,27-,28?/m0/s1. The van der Waals surface area contributed by atoms with Crippen LogP contribution in [0.15, 0.2) is 42.6 Å². The Balaban J connectivity index is 1.14. The number of nitrogens with zero attached hydrogens (tertiary/aromatic N) is 4. The number of amides is 1. The zero-order chi connectivity index (χ0) is 25.8. The molecule has 2 saturated carbocycles. The van der Waals surface area contributed by atoms with Crippen molar-refractivity contribution >= 4 is 23.2 Å². The molecule has 1 amide bonds. The number of nitrogens with one attached hydrogen (secondary N) is 1. The number of aliphatic carboxylic acids is 1. The van der Waals surface area contributed by atoms with Crippen LogP contribution in [-0.2, 0) is 14.9 Å². The largest absolute Gasteiger partial charge is 0.480 e. The summed E-state index contributed by atoms with van der Waals surface area (Å²) >= 11 is 0. The van der Waals surface area contributed by atoms with E-state index < -0.39 is 5.97 Å². The van der Waals surface area contributed by atoms with Gasteiger partial charge in [0, 0.05) is 24.5 Å². The number of anilines is 1. The van der Waals surface area contributed by atoms with Crippen LogP contribution in [0.25, 0.3) is 5.65 Å². The molecule has 2 aromatic heterocycles. The van der Waals surface area contributed by atoms with Gasteiger partial charge in [0.25, 0.3) is 5.91 Å². The molecular weight excluding hydrogens is 470 g/mol. The molecule has 2 N–H and O–H groups in total. The van der Waals surface area contributed by atoms with E-state index in [0.717, 1.165) is 56.4 Å². The molecule has 3 aromatic rings. The number of rotatable bonds is 7. The summed E-state index contributed by atoms with van der Waals surface area (Å²) in [6.07, 6.45) is 6.49. The maximum Gasteiger partial charge on any atom is 0.329 e. The van der Waals surface area contributed by atoms with Crippen LogP contribution >= 0.6 is 0 Å². The van der Waals surface area contributed by atoms with Gasteiger partial charge in [0.2, 0.25) is 5.82 Å². The maximum absolute atomic E-state index is 13.1. The fraction of sp³-hybridized carbons (Fsp3) is 0.500. The smallest absolute Gasteiger partial charge is 0.329 e. The highest BCUT2D eigenvalue weighted by atomic mass is 16.5. The number of carboxylic acid groups (broad SMARTS) is 1. The molecule has 9 heteroatoms. The number of benzene rings is 1. The minimum absolute atomic E-state index is 0.0161. The summed E-state index contributed by atoms with van der Waals surface area (Å²) in [5, 5.41) is 16.5. The highest BCUT2D eigenvalue weighted by Crippen LogP contribution is 2.56. The Hall–Kier alpha value is -3.46. The molecule has 0 radical (unpaired) electrons. The summed E-state index contributed by atoms with van der Waals surface area (Å²) < 4.78 is 7.14. The first-order valence-electron chi connectivity index (χ1n) is 13.1. The van der Waals surface area contributed by atoms with Crippen LogP contribution in [0.4, 0.5) is 5.69 Å². The van der Waals surface area contributed by atoms with Crippen molar-refractivity contribution < 1.29 is 19.4 Å². The lowest BCUT2D eigenvalue weighted by molar-refractivity contribution is -0.161. The number of ether oxygens (including phenoxy) is 1. The van der Waals surface area contributed by atoms with Crippen LogP contribution in [0.3, 0.4) is 0 Å². The molecule has 1 aliphatic heterocycles. The van der Waals surface area contributed by atoms with Crippen molar-refractivity contribution in [1.82, 2.24) is 19.9 Å². The summed E-state index contributed by atoms with van der Waals surface area (Å²) in [6, 6.07) is 12.9. The number of carbonyl (C=O) groups excluding carboxylic acids is 1. The average molecular weight is 504 g/mol. The van der Waals surface area contributed by atoms with E-state index in [-0.39, 0.29) is 41.3 Å². The van der Waals surface area contributed by atoms with Crippen LogP contribution in [0.5, 0.6) is 0 Å². The van der Waals surface area contributed by atoms with Crippen molar-refractivity contribution in [2.75, 3.05) is 24.6 Å². The van der Waals surface area contributed by atoms with Crippen LogP contribution in [0, 0.1) is 12.3 Å². The molecule has 1 unspecified atom stereocenters. The van der Waals surface area contributed by atoms with E-state index in [0.29, 0.717) is 5.65 Å². The van der Waals surface area contributed by atoms with Crippen molar-refractivity contribution in [1.29, 1.82) is 0 Å². The van der Waals surface area contributed by atoms with E-state index in [1.165, 1.54) is 5.56 Å². The Bertz CT molecular complexity index is 1350. The van der Waals surface area contributed by atoms with Gasteiger partial charge in [-0.3, -0.25) is 4.79 Å². The second-order valence-corrected chi connectivity index (χ2v) is 11.3. The van der Waals surface area contributed by atoms with Crippen LogP contribution in [0.2, 0.25) is 0 Å². The number of aromatic nitrogens is 3. The predicted molar refractivity (Wildman–Crippen MR) is 138 cm³/mol. The first-order chi connectivity index (χ1) is 17.7. The van der Waals surface area contributed by atoms with Crippen molar-refractivity contribution in [3.63, 3.8) is 0 Å². The second-order valence-electron chi connectivity index (χ2n) is 11.3. The number of hydrogen-bond donors (Lipinski definition) is 2. The predicted octanol–water partition coefficient (Wildman–Crippen LogP) is 3.35. The summed E-state index contributed by atoms with van der Waals surface area (Å²) in [5.74, 6) is -1.04. The van der Waals surface area contributed by atoms with Crippen LogP contribution in [0.1, 0.15) is 60.8 Å². The average Bonchev–Trinajstić information content (AvgIpc) is 3.46. The molecule has 0 bridgehead atoms. The molecule has 1 aromatic carbocycles. The van der Waals surface area contributed by atoms with Gasteiger partial charge in [0.1, 0.15) is 6.61 Å². The van der Waals surface area contributed by atoms with E-state index in [1.54, 1.807) is 4.52 Å². The Kier molecular flexibility index (Phi) is 5.71. The van der Waals surface area contributed by atoms with Gasteiger partial charge in [0.05, 0.1) is 18.0 Å². The normalized spacial score (nSPS) is 28.8. The second kappa shape index (κ2) is 8.83. The molecule has 3 heterocycles. The van der Waals surface area contributed by atoms with Gasteiger partial charge in [-0.2, -0.15) is 0 Å². The summed E-state index contributed by atoms with van der Waals surface area (Å²) in [5.41, 5.74) is 4.22. The van der Waals surface area contributed by atoms with Crippen LogP contribution < -0.4 is 10.2 Å². The van der Waals surface area contributed by atoms with Gasteiger partial charge >= 0.3 is 5.97 Å². The molecule has 1 spiro atoms. The molecule has 194 valence electrons. The molecule has 3 aliphatic rings. The SMILES string of the molecule is Cc1cc(N2CC[C@](C)(c3ccccc3)C2)cn2nc(C(=O)NC3CCC34CC(OCC(=O)O)C4)nc12. The van der Waals surface area contributed by atoms with Gasteiger partial charge in [-0.1, -0.05) is 37.3 Å². The third kappa shape index (κ3) is 4.25. The fourth-order valence-electron chi connectivity index (χ4n) is 6.45. The zero-order valence-electron chi connectivity index (χ0n) is 21.3. The van der Waals surface area contributed by atoms with E-state index in [4.69, 9.17) is 9.84 Å². The number of aryl methyl sites for hydroxylation is 1. The highest BCUT2D eigenvalue weighted by molar-refractivity contribution is 5.91. The van der Waals surface area contributed by atoms with E-state index in [9.17, 15) is 9.59 Å². The molecular formula is C28H33N5O4. The Morgan fingerprint density at radius 3 is 2.70 bits per heavy atom. The first kappa shape index (κ1) is 23.9. The van der Waals surface area contributed by atoms with Crippen molar-refractivity contribution in [2.24, 2.45) is 5.41 Å². The minimum Gasteiger partial charge on any atom is -0.480 e. The van der Waals surface area contributed by atoms with Gasteiger partial charge in [-0.25, -0.2) is 14.3 Å². The van der Waals surface area contributed by atoms with Gasteiger partial charge in [-0.05, 0) is 61.6 Å². The number of carboxylic acids is 1. The van der Waals surface area contributed by atoms with Gasteiger partial charge in [0.15, 0.2) is 5.65 Å². The molecule has 3 fully saturated rings. The minimum atomic E-state index is -0.953. The monoisotopic (exact) mass is 503 g/mol. The van der Waals surface area contributed by atoms with Gasteiger partial charge in [-0.15, -0.1) is 5.10 Å². The lowest BCUT2D eigenvalue weighted by Crippen LogP contribution is -2.62. The molecule has 6 rings (SSSR count). The number of pyridine rings is 1. The molecule has 9 nitrogen and oxygen atoms in total. The zero-order valence-corrected chi connectivity index (χ0v) is 21.3. The molecule has 37 heavy (non-hydrogen) atoms. The topological polar surface area (TPSA) is 109 Å².